The van der Waals surface area contributed by atoms with Crippen LogP contribution < -0.4 is 5.32 Å². The molecule has 4 aromatic rings. The fourth-order valence-corrected chi connectivity index (χ4v) is 3.37. The minimum atomic E-state index is 0.143. The lowest BCUT2D eigenvalue weighted by molar-refractivity contribution is 0.876. The predicted molar refractivity (Wildman–Crippen MR) is 111 cm³/mol. The highest BCUT2D eigenvalue weighted by Crippen LogP contribution is 2.28. The first-order chi connectivity index (χ1) is 12.7. The van der Waals surface area contributed by atoms with Gasteiger partial charge in [-0.1, -0.05) is 70.5 Å². The van der Waals surface area contributed by atoms with E-state index in [0.717, 1.165) is 26.8 Å². The molecule has 0 aliphatic heterocycles. The van der Waals surface area contributed by atoms with E-state index in [-0.39, 0.29) is 6.04 Å². The third-order valence-corrected chi connectivity index (χ3v) is 4.83. The van der Waals surface area contributed by atoms with Gasteiger partial charge in [-0.25, -0.2) is 9.97 Å². The van der Waals surface area contributed by atoms with E-state index in [9.17, 15) is 0 Å². The predicted octanol–water partition coefficient (Wildman–Crippen LogP) is 6.23. The molecule has 0 bridgehead atoms. The molecule has 1 N–H and O–H groups in total. The van der Waals surface area contributed by atoms with Crippen LogP contribution >= 0.6 is 15.9 Å². The number of para-hydroxylation sites is 1. The Hall–Kier alpha value is -2.72. The molecule has 26 heavy (non-hydrogen) atoms. The molecule has 0 radical (unpaired) electrons. The van der Waals surface area contributed by atoms with Crippen LogP contribution in [0.25, 0.3) is 22.3 Å². The first-order valence-electron chi connectivity index (χ1n) is 8.55. The molecule has 4 rings (SSSR count). The Balaban J connectivity index is 1.80. The monoisotopic (exact) mass is 403 g/mol. The van der Waals surface area contributed by atoms with Crippen LogP contribution in [0.5, 0.6) is 0 Å². The lowest BCUT2D eigenvalue weighted by Crippen LogP contribution is -2.09. The second-order valence-corrected chi connectivity index (χ2v) is 7.12. The van der Waals surface area contributed by atoms with E-state index in [1.165, 1.54) is 5.56 Å². The summed E-state index contributed by atoms with van der Waals surface area (Å²) in [5.74, 6) is 1.56. The van der Waals surface area contributed by atoms with Gasteiger partial charge in [-0.15, -0.1) is 0 Å². The van der Waals surface area contributed by atoms with Crippen LogP contribution in [0.15, 0.2) is 83.3 Å². The number of anilines is 1. The Morgan fingerprint density at radius 2 is 1.62 bits per heavy atom. The molecule has 128 valence electrons. The zero-order valence-corrected chi connectivity index (χ0v) is 15.9. The van der Waals surface area contributed by atoms with Gasteiger partial charge in [0.15, 0.2) is 5.82 Å². The molecule has 0 amide bonds. The van der Waals surface area contributed by atoms with Crippen molar-refractivity contribution in [2.75, 3.05) is 5.32 Å². The largest absolute Gasteiger partial charge is 0.363 e. The standard InChI is InChI=1S/C22H18BrN3/c1-15(16-8-3-2-4-9-16)24-22-19-12-5-6-13-20(19)25-21(26-22)17-10-7-11-18(23)14-17/h2-15H,1H3,(H,24,25,26)/t15-/m1/s1. The first kappa shape index (κ1) is 16.7. The topological polar surface area (TPSA) is 37.8 Å². The van der Waals surface area contributed by atoms with Crippen molar-refractivity contribution < 1.29 is 0 Å². The number of aromatic nitrogens is 2. The Morgan fingerprint density at radius 3 is 2.42 bits per heavy atom. The van der Waals surface area contributed by atoms with E-state index < -0.39 is 0 Å². The van der Waals surface area contributed by atoms with Gasteiger partial charge < -0.3 is 5.32 Å². The van der Waals surface area contributed by atoms with Crippen molar-refractivity contribution in [1.29, 1.82) is 0 Å². The second-order valence-electron chi connectivity index (χ2n) is 6.20. The van der Waals surface area contributed by atoms with Crippen molar-refractivity contribution in [3.05, 3.63) is 88.9 Å². The van der Waals surface area contributed by atoms with Crippen molar-refractivity contribution in [1.82, 2.24) is 9.97 Å². The van der Waals surface area contributed by atoms with E-state index >= 15 is 0 Å². The van der Waals surface area contributed by atoms with Crippen LogP contribution in [0.3, 0.4) is 0 Å². The van der Waals surface area contributed by atoms with Gasteiger partial charge in [0.25, 0.3) is 0 Å². The SMILES string of the molecule is C[C@@H](Nc1nc(-c2cccc(Br)c2)nc2ccccc12)c1ccccc1. The molecule has 0 spiro atoms. The zero-order chi connectivity index (χ0) is 17.9. The molecule has 0 fully saturated rings. The average molecular weight is 404 g/mol. The molecular weight excluding hydrogens is 386 g/mol. The minimum Gasteiger partial charge on any atom is -0.363 e. The summed E-state index contributed by atoms with van der Waals surface area (Å²) < 4.78 is 1.01. The molecule has 3 nitrogen and oxygen atoms in total. The summed E-state index contributed by atoms with van der Waals surface area (Å²) in [6.07, 6.45) is 0. The summed E-state index contributed by atoms with van der Waals surface area (Å²) in [6.45, 7) is 2.14. The van der Waals surface area contributed by atoms with Crippen molar-refractivity contribution in [3.63, 3.8) is 0 Å². The van der Waals surface area contributed by atoms with E-state index in [2.05, 4.69) is 58.5 Å². The smallest absolute Gasteiger partial charge is 0.162 e. The highest BCUT2D eigenvalue weighted by Gasteiger charge is 2.12. The summed E-state index contributed by atoms with van der Waals surface area (Å²) in [6, 6.07) is 26.7. The summed E-state index contributed by atoms with van der Waals surface area (Å²) in [5, 5.41) is 4.59. The van der Waals surface area contributed by atoms with Crippen LogP contribution in [0.2, 0.25) is 0 Å². The molecule has 1 heterocycles. The number of nitrogens with zero attached hydrogens (tertiary/aromatic N) is 2. The van der Waals surface area contributed by atoms with Gasteiger partial charge in [-0.05, 0) is 36.8 Å². The number of hydrogen-bond donors (Lipinski definition) is 1. The van der Waals surface area contributed by atoms with E-state index in [4.69, 9.17) is 9.97 Å². The van der Waals surface area contributed by atoms with Gasteiger partial charge in [0.2, 0.25) is 0 Å². The average Bonchev–Trinajstić information content (AvgIpc) is 2.68. The van der Waals surface area contributed by atoms with Crippen molar-refractivity contribution >= 4 is 32.7 Å². The number of rotatable bonds is 4. The molecule has 0 unspecified atom stereocenters. The van der Waals surface area contributed by atoms with E-state index in [1.54, 1.807) is 0 Å². The van der Waals surface area contributed by atoms with Gasteiger partial charge >= 0.3 is 0 Å². The summed E-state index contributed by atoms with van der Waals surface area (Å²) in [7, 11) is 0. The quantitative estimate of drug-likeness (QED) is 0.438. The molecule has 1 atom stereocenters. The van der Waals surface area contributed by atoms with Gasteiger partial charge in [-0.2, -0.15) is 0 Å². The normalized spacial score (nSPS) is 12.1. The first-order valence-corrected chi connectivity index (χ1v) is 9.34. The number of benzene rings is 3. The Labute approximate surface area is 161 Å². The third kappa shape index (κ3) is 3.46. The molecule has 0 aliphatic carbocycles. The molecule has 4 heteroatoms. The zero-order valence-electron chi connectivity index (χ0n) is 14.4. The van der Waals surface area contributed by atoms with Crippen molar-refractivity contribution in [2.24, 2.45) is 0 Å². The maximum absolute atomic E-state index is 4.83. The van der Waals surface area contributed by atoms with Crippen LogP contribution in [0.1, 0.15) is 18.5 Å². The maximum atomic E-state index is 4.83. The summed E-state index contributed by atoms with van der Waals surface area (Å²) in [5.41, 5.74) is 3.14. The Bertz CT molecular complexity index is 1050. The number of halogens is 1. The third-order valence-electron chi connectivity index (χ3n) is 4.34. The Morgan fingerprint density at radius 1 is 0.846 bits per heavy atom. The van der Waals surface area contributed by atoms with Gasteiger partial charge in [0.05, 0.1) is 5.52 Å². The number of fused-ring (bicyclic) bond motifs is 1. The fourth-order valence-electron chi connectivity index (χ4n) is 2.97. The maximum Gasteiger partial charge on any atom is 0.162 e. The number of nitrogens with one attached hydrogen (secondary N) is 1. The van der Waals surface area contributed by atoms with Crippen LogP contribution in [-0.4, -0.2) is 9.97 Å². The van der Waals surface area contributed by atoms with Crippen LogP contribution in [0, 0.1) is 0 Å². The molecule has 0 aliphatic rings. The second kappa shape index (κ2) is 7.26. The van der Waals surface area contributed by atoms with Gasteiger partial charge in [0, 0.05) is 21.5 Å². The summed E-state index contributed by atoms with van der Waals surface area (Å²) in [4.78, 5) is 9.59. The van der Waals surface area contributed by atoms with Gasteiger partial charge in [-0.3, -0.25) is 0 Å². The molecule has 0 saturated heterocycles. The number of hydrogen-bond acceptors (Lipinski definition) is 3. The highest BCUT2D eigenvalue weighted by atomic mass is 79.9. The minimum absolute atomic E-state index is 0.143. The van der Waals surface area contributed by atoms with Gasteiger partial charge in [0.1, 0.15) is 5.82 Å². The van der Waals surface area contributed by atoms with E-state index in [0.29, 0.717) is 5.82 Å². The van der Waals surface area contributed by atoms with E-state index in [1.807, 2.05) is 48.5 Å². The van der Waals surface area contributed by atoms with Crippen LogP contribution in [-0.2, 0) is 0 Å². The molecule has 1 aromatic heterocycles. The molecule has 0 saturated carbocycles. The summed E-state index contributed by atoms with van der Waals surface area (Å²) >= 11 is 3.53. The molecular formula is C22H18BrN3. The molecule has 3 aromatic carbocycles. The lowest BCUT2D eigenvalue weighted by Gasteiger charge is -2.17. The highest BCUT2D eigenvalue weighted by molar-refractivity contribution is 9.10. The van der Waals surface area contributed by atoms with Crippen molar-refractivity contribution in [2.45, 2.75) is 13.0 Å². The Kier molecular flexibility index (Phi) is 4.67. The lowest BCUT2D eigenvalue weighted by atomic mass is 10.1. The fraction of sp³-hybridized carbons (Fsp3) is 0.0909. The van der Waals surface area contributed by atoms with Crippen LogP contribution in [0.4, 0.5) is 5.82 Å². The van der Waals surface area contributed by atoms with Crippen molar-refractivity contribution in [3.8, 4) is 11.4 Å².